The number of hydrogen-bond acceptors (Lipinski definition) is 1. The van der Waals surface area contributed by atoms with Crippen molar-refractivity contribution in [2.45, 2.75) is 44.0 Å². The normalized spacial score (nSPS) is 14.3. The Kier molecular flexibility index (Phi) is 6.70. The summed E-state index contributed by atoms with van der Waals surface area (Å²) in [5, 5.41) is 2.89. The van der Waals surface area contributed by atoms with Gasteiger partial charge in [0.05, 0.1) is 4.83 Å². The van der Waals surface area contributed by atoms with Crippen LogP contribution in [0.4, 0.5) is 0 Å². The average molecular weight is 246 g/mol. The zero-order valence-corrected chi connectivity index (χ0v) is 9.73. The van der Waals surface area contributed by atoms with Crippen molar-refractivity contribution >= 4 is 21.8 Å². The summed E-state index contributed by atoms with van der Waals surface area (Å²) < 4.78 is 0. The zero-order chi connectivity index (χ0) is 10.3. The predicted molar refractivity (Wildman–Crippen MR) is 58.7 cm³/mol. The lowest BCUT2D eigenvalue weighted by Crippen LogP contribution is -2.38. The van der Waals surface area contributed by atoms with E-state index in [0.717, 1.165) is 12.8 Å². The summed E-state index contributed by atoms with van der Waals surface area (Å²) in [6, 6.07) is 0.115. The quantitative estimate of drug-likeness (QED) is 0.584. The standard InChI is InChI=1S/C10H16BrNO/c1-4-7-8(5-2)12-10(13)9(11)6-3/h1,8-9H,5-7H2,2-3H3,(H,12,13). The molecular weight excluding hydrogens is 230 g/mol. The smallest absolute Gasteiger partial charge is 0.234 e. The number of carbonyl (C=O) groups excluding carboxylic acids is 1. The van der Waals surface area contributed by atoms with Gasteiger partial charge in [-0.1, -0.05) is 29.8 Å². The third-order valence-corrected chi connectivity index (χ3v) is 2.91. The van der Waals surface area contributed by atoms with Crippen molar-refractivity contribution in [2.75, 3.05) is 0 Å². The molecule has 2 unspecified atom stereocenters. The van der Waals surface area contributed by atoms with Gasteiger partial charge in [-0.15, -0.1) is 12.3 Å². The van der Waals surface area contributed by atoms with Gasteiger partial charge in [-0.3, -0.25) is 4.79 Å². The molecule has 0 saturated carbocycles. The Bertz CT molecular complexity index is 198. The van der Waals surface area contributed by atoms with Crippen LogP contribution in [0.2, 0.25) is 0 Å². The Morgan fingerprint density at radius 3 is 2.54 bits per heavy atom. The van der Waals surface area contributed by atoms with Gasteiger partial charge in [0.15, 0.2) is 0 Å². The Balaban J connectivity index is 3.94. The topological polar surface area (TPSA) is 29.1 Å². The molecule has 0 aromatic carbocycles. The molecule has 0 bridgehead atoms. The van der Waals surface area contributed by atoms with Crippen molar-refractivity contribution in [1.82, 2.24) is 5.32 Å². The Morgan fingerprint density at radius 2 is 2.15 bits per heavy atom. The number of terminal acetylenes is 1. The summed E-state index contributed by atoms with van der Waals surface area (Å²) in [6.45, 7) is 3.97. The fourth-order valence-corrected chi connectivity index (χ4v) is 1.05. The van der Waals surface area contributed by atoms with E-state index in [1.54, 1.807) is 0 Å². The van der Waals surface area contributed by atoms with Crippen LogP contribution in [-0.4, -0.2) is 16.8 Å². The SMILES string of the molecule is C#CCC(CC)NC(=O)C(Br)CC. The number of alkyl halides is 1. The summed E-state index contributed by atoms with van der Waals surface area (Å²) in [7, 11) is 0. The molecule has 1 amide bonds. The van der Waals surface area contributed by atoms with E-state index < -0.39 is 0 Å². The second-order valence-electron chi connectivity index (χ2n) is 2.90. The molecule has 0 aliphatic rings. The molecule has 74 valence electrons. The largest absolute Gasteiger partial charge is 0.351 e. The lowest BCUT2D eigenvalue weighted by molar-refractivity contribution is -0.121. The van der Waals surface area contributed by atoms with E-state index in [-0.39, 0.29) is 16.8 Å². The highest BCUT2D eigenvalue weighted by Crippen LogP contribution is 2.06. The molecular formula is C10H16BrNO. The first-order chi connectivity index (χ1) is 6.15. The van der Waals surface area contributed by atoms with Gasteiger partial charge < -0.3 is 5.32 Å². The summed E-state index contributed by atoms with van der Waals surface area (Å²) >= 11 is 3.29. The molecule has 0 aliphatic carbocycles. The maximum Gasteiger partial charge on any atom is 0.234 e. The molecule has 13 heavy (non-hydrogen) atoms. The van der Waals surface area contributed by atoms with Crippen molar-refractivity contribution in [1.29, 1.82) is 0 Å². The Hall–Kier alpha value is -0.490. The lowest BCUT2D eigenvalue weighted by atomic mass is 10.1. The van der Waals surface area contributed by atoms with Gasteiger partial charge in [-0.25, -0.2) is 0 Å². The van der Waals surface area contributed by atoms with E-state index in [4.69, 9.17) is 6.42 Å². The number of hydrogen-bond donors (Lipinski definition) is 1. The monoisotopic (exact) mass is 245 g/mol. The molecule has 3 heteroatoms. The van der Waals surface area contributed by atoms with Gasteiger partial charge in [0, 0.05) is 12.5 Å². The molecule has 0 aromatic rings. The lowest BCUT2D eigenvalue weighted by Gasteiger charge is -2.16. The van der Waals surface area contributed by atoms with Crippen molar-refractivity contribution in [3.05, 3.63) is 0 Å². The van der Waals surface area contributed by atoms with Gasteiger partial charge in [-0.05, 0) is 12.8 Å². The second kappa shape index (κ2) is 6.97. The number of carbonyl (C=O) groups is 1. The highest BCUT2D eigenvalue weighted by Gasteiger charge is 2.15. The minimum Gasteiger partial charge on any atom is -0.351 e. The van der Waals surface area contributed by atoms with Crippen LogP contribution in [-0.2, 0) is 4.79 Å². The summed E-state index contributed by atoms with van der Waals surface area (Å²) in [6.07, 6.45) is 7.44. The molecule has 2 atom stereocenters. The second-order valence-corrected chi connectivity index (χ2v) is 4.00. The van der Waals surface area contributed by atoms with Crippen LogP contribution in [0.25, 0.3) is 0 Å². The van der Waals surface area contributed by atoms with Gasteiger partial charge >= 0.3 is 0 Å². The fourth-order valence-electron chi connectivity index (χ4n) is 0.917. The first-order valence-electron chi connectivity index (χ1n) is 4.53. The molecule has 0 heterocycles. The Morgan fingerprint density at radius 1 is 1.54 bits per heavy atom. The number of nitrogens with one attached hydrogen (secondary N) is 1. The summed E-state index contributed by atoms with van der Waals surface area (Å²) in [5.41, 5.74) is 0. The van der Waals surface area contributed by atoms with Gasteiger partial charge in [-0.2, -0.15) is 0 Å². The van der Waals surface area contributed by atoms with Crippen LogP contribution < -0.4 is 5.32 Å². The first-order valence-corrected chi connectivity index (χ1v) is 5.45. The fraction of sp³-hybridized carbons (Fsp3) is 0.700. The van der Waals surface area contributed by atoms with Crippen LogP contribution >= 0.6 is 15.9 Å². The maximum absolute atomic E-state index is 11.4. The van der Waals surface area contributed by atoms with E-state index in [0.29, 0.717) is 6.42 Å². The Labute approximate surface area is 88.6 Å². The van der Waals surface area contributed by atoms with Crippen LogP contribution in [0, 0.1) is 12.3 Å². The minimum atomic E-state index is -0.0978. The first kappa shape index (κ1) is 12.5. The molecule has 0 aromatic heterocycles. The van der Waals surface area contributed by atoms with Gasteiger partial charge in [0.2, 0.25) is 5.91 Å². The van der Waals surface area contributed by atoms with E-state index in [2.05, 4.69) is 27.2 Å². The van der Waals surface area contributed by atoms with Crippen LogP contribution in [0.5, 0.6) is 0 Å². The molecule has 0 fully saturated rings. The molecule has 1 N–H and O–H groups in total. The van der Waals surface area contributed by atoms with Gasteiger partial charge in [0.1, 0.15) is 0 Å². The predicted octanol–water partition coefficient (Wildman–Crippen LogP) is 2.08. The van der Waals surface area contributed by atoms with Crippen molar-refractivity contribution in [3.63, 3.8) is 0 Å². The third-order valence-electron chi connectivity index (χ3n) is 1.85. The summed E-state index contributed by atoms with van der Waals surface area (Å²) in [4.78, 5) is 11.3. The highest BCUT2D eigenvalue weighted by atomic mass is 79.9. The van der Waals surface area contributed by atoms with Crippen LogP contribution in [0.1, 0.15) is 33.1 Å². The third kappa shape index (κ3) is 4.94. The van der Waals surface area contributed by atoms with Crippen molar-refractivity contribution in [3.8, 4) is 12.3 Å². The van der Waals surface area contributed by atoms with E-state index in [1.807, 2.05) is 13.8 Å². The maximum atomic E-state index is 11.4. The zero-order valence-electron chi connectivity index (χ0n) is 8.14. The van der Waals surface area contributed by atoms with Crippen molar-refractivity contribution < 1.29 is 4.79 Å². The number of halogens is 1. The molecule has 0 spiro atoms. The minimum absolute atomic E-state index is 0.0320. The van der Waals surface area contributed by atoms with Crippen LogP contribution in [0.15, 0.2) is 0 Å². The van der Waals surface area contributed by atoms with E-state index >= 15 is 0 Å². The molecule has 0 aliphatic heterocycles. The molecule has 0 radical (unpaired) electrons. The van der Waals surface area contributed by atoms with Crippen LogP contribution in [0.3, 0.4) is 0 Å². The average Bonchev–Trinajstić information content (AvgIpc) is 2.15. The summed E-state index contributed by atoms with van der Waals surface area (Å²) in [5.74, 6) is 2.58. The molecule has 0 saturated heterocycles. The number of rotatable bonds is 5. The van der Waals surface area contributed by atoms with E-state index in [1.165, 1.54) is 0 Å². The van der Waals surface area contributed by atoms with Gasteiger partial charge in [0.25, 0.3) is 0 Å². The van der Waals surface area contributed by atoms with E-state index in [9.17, 15) is 4.79 Å². The van der Waals surface area contributed by atoms with Crippen molar-refractivity contribution in [2.24, 2.45) is 0 Å². The highest BCUT2D eigenvalue weighted by molar-refractivity contribution is 9.10. The molecule has 0 rings (SSSR count). The molecule has 2 nitrogen and oxygen atoms in total. The number of amides is 1.